The molecule has 1 aliphatic carbocycles. The summed E-state index contributed by atoms with van der Waals surface area (Å²) in [5, 5.41) is 0. The van der Waals surface area contributed by atoms with Crippen LogP contribution in [-0.4, -0.2) is 42.0 Å². The Morgan fingerprint density at radius 1 is 1.18 bits per heavy atom. The lowest BCUT2D eigenvalue weighted by atomic mass is 9.87. The Morgan fingerprint density at radius 2 is 1.96 bits per heavy atom. The molecule has 4 rings (SSSR count). The molecule has 2 aliphatic heterocycles. The van der Waals surface area contributed by atoms with Crippen molar-refractivity contribution in [3.05, 3.63) is 23.8 Å². The van der Waals surface area contributed by atoms with E-state index in [1.807, 2.05) is 28.0 Å². The Hall–Kier alpha value is -2.77. The molecule has 8 heteroatoms. The van der Waals surface area contributed by atoms with Gasteiger partial charge in [-0.15, -0.1) is 0 Å². The number of nitrogens with zero attached hydrogens (tertiary/aromatic N) is 4. The number of rotatable bonds is 4. The smallest absolute Gasteiger partial charge is 0.222 e. The summed E-state index contributed by atoms with van der Waals surface area (Å²) in [4.78, 5) is 24.9. The van der Waals surface area contributed by atoms with Crippen LogP contribution in [0.4, 0.5) is 5.69 Å². The van der Waals surface area contributed by atoms with E-state index in [4.69, 9.17) is 21.2 Å². The van der Waals surface area contributed by atoms with Crippen molar-refractivity contribution in [1.29, 1.82) is 0 Å². The highest BCUT2D eigenvalue weighted by atomic mass is 16.5. The van der Waals surface area contributed by atoms with Gasteiger partial charge in [0.25, 0.3) is 0 Å². The van der Waals surface area contributed by atoms with Crippen LogP contribution in [0, 0.1) is 0 Å². The number of aliphatic imine (C=N–C) groups is 2. The van der Waals surface area contributed by atoms with Crippen LogP contribution in [0.3, 0.4) is 0 Å². The van der Waals surface area contributed by atoms with Crippen molar-refractivity contribution in [1.82, 2.24) is 4.90 Å². The summed E-state index contributed by atoms with van der Waals surface area (Å²) in [7, 11) is 1.65. The molecule has 28 heavy (non-hydrogen) atoms. The molecule has 0 radical (unpaired) electrons. The Morgan fingerprint density at radius 3 is 2.64 bits per heavy atom. The van der Waals surface area contributed by atoms with Crippen LogP contribution in [0.15, 0.2) is 28.2 Å². The summed E-state index contributed by atoms with van der Waals surface area (Å²) in [6.45, 7) is 1.31. The standard InChI is InChI=1S/C20H28N6O2/c1-28-16-8-7-15(12-14(16)13-25-11-5-6-17(25)27)26-19(22)23-18(21)24-20(26)9-3-2-4-10-20/h7-8,12H,2-6,9-11,13H2,1H3,(H4,21,22,23,24). The molecule has 1 aromatic carbocycles. The van der Waals surface area contributed by atoms with Gasteiger partial charge >= 0.3 is 0 Å². The number of hydrogen-bond acceptors (Lipinski definition) is 7. The van der Waals surface area contributed by atoms with Crippen molar-refractivity contribution >= 4 is 23.5 Å². The minimum absolute atomic E-state index is 0.188. The molecule has 2 heterocycles. The molecule has 0 unspecified atom stereocenters. The van der Waals surface area contributed by atoms with Gasteiger partial charge in [0.05, 0.1) is 7.11 Å². The highest BCUT2D eigenvalue weighted by molar-refractivity contribution is 6.05. The zero-order valence-corrected chi connectivity index (χ0v) is 16.4. The van der Waals surface area contributed by atoms with Gasteiger partial charge in [0.2, 0.25) is 17.8 Å². The molecule has 0 atom stereocenters. The molecular weight excluding hydrogens is 356 g/mol. The Kier molecular flexibility index (Phi) is 4.87. The van der Waals surface area contributed by atoms with E-state index in [1.165, 1.54) is 6.42 Å². The summed E-state index contributed by atoms with van der Waals surface area (Å²) in [6.07, 6.45) is 6.63. The number of carbonyl (C=O) groups excluding carboxylic acids is 1. The van der Waals surface area contributed by atoms with Gasteiger partial charge in [-0.05, 0) is 50.3 Å². The van der Waals surface area contributed by atoms with Gasteiger partial charge in [-0.3, -0.25) is 9.69 Å². The number of ether oxygens (including phenoxy) is 1. The number of anilines is 1. The minimum Gasteiger partial charge on any atom is -0.496 e. The number of amides is 1. The lowest BCUT2D eigenvalue weighted by molar-refractivity contribution is -0.128. The number of methoxy groups -OCH3 is 1. The minimum atomic E-state index is -0.483. The predicted molar refractivity (Wildman–Crippen MR) is 109 cm³/mol. The first-order valence-corrected chi connectivity index (χ1v) is 9.97. The second-order valence-electron chi connectivity index (χ2n) is 7.73. The second-order valence-corrected chi connectivity index (χ2v) is 7.73. The topological polar surface area (TPSA) is 110 Å². The maximum absolute atomic E-state index is 12.1. The second kappa shape index (κ2) is 7.33. The molecule has 3 aliphatic rings. The largest absolute Gasteiger partial charge is 0.496 e. The molecule has 1 amide bonds. The van der Waals surface area contributed by atoms with E-state index in [-0.39, 0.29) is 11.9 Å². The predicted octanol–water partition coefficient (Wildman–Crippen LogP) is 1.93. The van der Waals surface area contributed by atoms with Gasteiger partial charge in [-0.2, -0.15) is 4.99 Å². The fourth-order valence-electron chi connectivity index (χ4n) is 4.60. The van der Waals surface area contributed by atoms with Crippen molar-refractivity contribution in [2.75, 3.05) is 18.6 Å². The van der Waals surface area contributed by atoms with Gasteiger partial charge in [0.1, 0.15) is 11.4 Å². The number of hydrogen-bond donors (Lipinski definition) is 2. The normalized spacial score (nSPS) is 21.7. The molecule has 1 spiro atoms. The molecule has 150 valence electrons. The fraction of sp³-hybridized carbons (Fsp3) is 0.550. The first-order valence-electron chi connectivity index (χ1n) is 9.97. The monoisotopic (exact) mass is 384 g/mol. The van der Waals surface area contributed by atoms with Gasteiger partial charge < -0.3 is 21.1 Å². The quantitative estimate of drug-likeness (QED) is 0.824. The molecule has 0 aromatic heterocycles. The van der Waals surface area contributed by atoms with Crippen LogP contribution >= 0.6 is 0 Å². The highest BCUT2D eigenvalue weighted by Gasteiger charge is 2.42. The summed E-state index contributed by atoms with van der Waals surface area (Å²) in [5.41, 5.74) is 13.7. The van der Waals surface area contributed by atoms with Crippen molar-refractivity contribution in [3.63, 3.8) is 0 Å². The summed E-state index contributed by atoms with van der Waals surface area (Å²) in [5.74, 6) is 1.55. The highest BCUT2D eigenvalue weighted by Crippen LogP contribution is 2.40. The van der Waals surface area contributed by atoms with Crippen LogP contribution in [-0.2, 0) is 11.3 Å². The summed E-state index contributed by atoms with van der Waals surface area (Å²) in [6, 6.07) is 5.95. The Labute approximate surface area is 165 Å². The summed E-state index contributed by atoms with van der Waals surface area (Å²) >= 11 is 0. The van der Waals surface area contributed by atoms with E-state index in [2.05, 4.69) is 4.99 Å². The number of nitrogens with two attached hydrogens (primary N) is 2. The van der Waals surface area contributed by atoms with Gasteiger partial charge in [0, 0.05) is 30.8 Å². The molecule has 8 nitrogen and oxygen atoms in total. The first-order chi connectivity index (χ1) is 13.5. The first kappa shape index (κ1) is 18.6. The number of guanidine groups is 2. The van der Waals surface area contributed by atoms with E-state index in [1.54, 1.807) is 7.11 Å². The van der Waals surface area contributed by atoms with Crippen LogP contribution in [0.25, 0.3) is 0 Å². The van der Waals surface area contributed by atoms with E-state index in [0.29, 0.717) is 18.9 Å². The average molecular weight is 384 g/mol. The van der Waals surface area contributed by atoms with E-state index in [0.717, 1.165) is 55.6 Å². The van der Waals surface area contributed by atoms with Crippen LogP contribution in [0.1, 0.15) is 50.5 Å². The number of benzene rings is 1. The Bertz CT molecular complexity index is 828. The van der Waals surface area contributed by atoms with Crippen molar-refractivity contribution in [2.45, 2.75) is 57.2 Å². The van der Waals surface area contributed by atoms with Gasteiger partial charge in [-0.25, -0.2) is 4.99 Å². The van der Waals surface area contributed by atoms with Crippen molar-refractivity contribution in [2.24, 2.45) is 21.5 Å². The molecule has 0 bridgehead atoms. The molecule has 1 saturated heterocycles. The molecular formula is C20H28N6O2. The van der Waals surface area contributed by atoms with Crippen LogP contribution < -0.4 is 21.1 Å². The van der Waals surface area contributed by atoms with E-state index < -0.39 is 5.66 Å². The lowest BCUT2D eigenvalue weighted by Crippen LogP contribution is -2.58. The van der Waals surface area contributed by atoms with E-state index >= 15 is 0 Å². The third kappa shape index (κ3) is 3.27. The van der Waals surface area contributed by atoms with Gasteiger partial charge in [0.15, 0.2) is 0 Å². The van der Waals surface area contributed by atoms with Crippen LogP contribution in [0.2, 0.25) is 0 Å². The van der Waals surface area contributed by atoms with E-state index in [9.17, 15) is 4.79 Å². The maximum atomic E-state index is 12.1. The zero-order chi connectivity index (χ0) is 19.7. The number of carbonyl (C=O) groups is 1. The van der Waals surface area contributed by atoms with Crippen molar-refractivity contribution in [3.8, 4) is 5.75 Å². The van der Waals surface area contributed by atoms with Crippen molar-refractivity contribution < 1.29 is 9.53 Å². The van der Waals surface area contributed by atoms with Gasteiger partial charge in [-0.1, -0.05) is 6.42 Å². The third-order valence-corrected chi connectivity index (χ3v) is 5.91. The maximum Gasteiger partial charge on any atom is 0.222 e. The third-order valence-electron chi connectivity index (χ3n) is 5.91. The molecule has 1 saturated carbocycles. The molecule has 1 aromatic rings. The molecule has 2 fully saturated rings. The fourth-order valence-corrected chi connectivity index (χ4v) is 4.60. The average Bonchev–Trinajstić information content (AvgIpc) is 3.06. The Balaban J connectivity index is 1.71. The number of likely N-dealkylation sites (tertiary alicyclic amines) is 1. The summed E-state index contributed by atoms with van der Waals surface area (Å²) < 4.78 is 5.55. The zero-order valence-electron chi connectivity index (χ0n) is 16.4. The lowest BCUT2D eigenvalue weighted by Gasteiger charge is -2.45. The SMILES string of the molecule is COc1ccc(N2C(N)=NC(N)=NC23CCCCC3)cc1CN1CCCC1=O. The van der Waals surface area contributed by atoms with Crippen LogP contribution in [0.5, 0.6) is 5.75 Å². The molecule has 4 N–H and O–H groups in total.